The second-order valence-corrected chi connectivity index (χ2v) is 11.2. The maximum Gasteiger partial charge on any atom is 1.00 e. The number of alkyl halides is 4. The van der Waals surface area contributed by atoms with Crippen molar-refractivity contribution in [2.24, 2.45) is 0 Å². The first-order valence-electron chi connectivity index (χ1n) is 15.1. The zero-order valence-corrected chi connectivity index (χ0v) is 29.6. The topological polar surface area (TPSA) is 145 Å². The molecule has 258 valence electrons. The summed E-state index contributed by atoms with van der Waals surface area (Å²) in [6.45, 7) is 0. The van der Waals surface area contributed by atoms with E-state index in [9.17, 15) is 27.2 Å². The maximum atomic E-state index is 12.5. The predicted molar refractivity (Wildman–Crippen MR) is 177 cm³/mol. The van der Waals surface area contributed by atoms with E-state index in [1.807, 2.05) is 36.4 Å². The number of hydrogen-bond donors (Lipinski definition) is 1. The summed E-state index contributed by atoms with van der Waals surface area (Å²) in [5.41, 5.74) is 6.31. The van der Waals surface area contributed by atoms with Crippen molar-refractivity contribution in [3.63, 3.8) is 0 Å². The van der Waals surface area contributed by atoms with Crippen LogP contribution >= 0.6 is 0 Å². The summed E-state index contributed by atoms with van der Waals surface area (Å²) in [4.78, 5) is 39.5. The number of benzene rings is 2. The van der Waals surface area contributed by atoms with Crippen molar-refractivity contribution in [2.45, 2.75) is 38.5 Å². The number of carbonyl (C=O) groups excluding carboxylic acids is 1. The van der Waals surface area contributed by atoms with Gasteiger partial charge < -0.3 is 15.3 Å². The molecule has 0 aliphatic heterocycles. The van der Waals surface area contributed by atoms with Gasteiger partial charge in [-0.3, -0.25) is 19.9 Å². The molecule has 14 heteroatoms. The van der Waals surface area contributed by atoms with Crippen molar-refractivity contribution in [3.8, 4) is 0 Å². The largest absolute Gasteiger partial charge is 1.00 e. The number of aromatic carboxylic acids is 1. The Kier molecular flexibility index (Phi) is 15.1. The number of ether oxygens (including phenoxy) is 1. The van der Waals surface area contributed by atoms with Gasteiger partial charge >= 0.3 is 41.5 Å². The van der Waals surface area contributed by atoms with Crippen LogP contribution in [0.15, 0.2) is 97.6 Å². The number of rotatable bonds is 10. The van der Waals surface area contributed by atoms with E-state index in [1.165, 1.54) is 37.8 Å². The number of methoxy groups -OCH3 is 1. The average molecular weight is 711 g/mol. The van der Waals surface area contributed by atoms with Crippen molar-refractivity contribution in [3.05, 3.63) is 142 Å². The van der Waals surface area contributed by atoms with E-state index in [0.717, 1.165) is 38.6 Å². The summed E-state index contributed by atoms with van der Waals surface area (Å²) in [5, 5.41) is 10.6. The molecule has 0 aliphatic rings. The molecule has 9 nitrogen and oxygen atoms in total. The molecule has 2 N–H and O–H groups in total. The summed E-state index contributed by atoms with van der Waals surface area (Å²) in [7, 11) is 1.33. The minimum atomic E-state index is -2.41. The second kappa shape index (κ2) is 19.0. The molecule has 6 rings (SSSR count). The maximum absolute atomic E-state index is 12.5. The normalized spacial score (nSPS) is 10.6. The molecule has 2 aromatic carbocycles. The van der Waals surface area contributed by atoms with Gasteiger partial charge in [-0.2, -0.15) is 0 Å². The molecule has 0 spiro atoms. The zero-order valence-electron chi connectivity index (χ0n) is 27.6. The number of aromatic nitrogens is 4. The summed E-state index contributed by atoms with van der Waals surface area (Å²) < 4.78 is 54.8. The van der Waals surface area contributed by atoms with Crippen LogP contribution in [0.5, 0.6) is 0 Å². The fourth-order valence-electron chi connectivity index (χ4n) is 5.20. The van der Waals surface area contributed by atoms with Crippen LogP contribution in [0, 0.1) is 0 Å². The Hall–Kier alpha value is -4.82. The molecular weight excluding hydrogens is 679 g/mol. The zero-order chi connectivity index (χ0) is 34.9. The molecule has 0 amide bonds. The minimum absolute atomic E-state index is 0. The first-order valence-corrected chi connectivity index (χ1v) is 15.1. The van der Waals surface area contributed by atoms with Crippen molar-refractivity contribution >= 4 is 33.7 Å². The molecule has 0 saturated heterocycles. The van der Waals surface area contributed by atoms with Crippen molar-refractivity contribution in [2.75, 3.05) is 7.11 Å². The van der Waals surface area contributed by atoms with Gasteiger partial charge in [-0.25, -0.2) is 27.2 Å². The van der Waals surface area contributed by atoms with Crippen LogP contribution in [-0.4, -0.2) is 62.4 Å². The van der Waals surface area contributed by atoms with Gasteiger partial charge in [-0.05, 0) is 82.9 Å². The van der Waals surface area contributed by atoms with Gasteiger partial charge in [0.1, 0.15) is 0 Å². The Morgan fingerprint density at radius 2 is 1.08 bits per heavy atom. The summed E-state index contributed by atoms with van der Waals surface area (Å²) in [6.07, 6.45) is 1.50. The van der Waals surface area contributed by atoms with Crippen LogP contribution in [-0.2, 0) is 30.4 Å². The van der Waals surface area contributed by atoms with E-state index < -0.39 is 24.8 Å². The molecule has 0 radical (unpaired) electrons. The number of carboxylic acid groups (broad SMARTS) is 1. The number of pyridine rings is 4. The molecule has 4 aromatic heterocycles. The van der Waals surface area contributed by atoms with Crippen molar-refractivity contribution in [1.82, 2.24) is 19.9 Å². The predicted octanol–water partition coefficient (Wildman–Crippen LogP) is 4.37. The molecule has 51 heavy (non-hydrogen) atoms. The van der Waals surface area contributed by atoms with E-state index in [2.05, 4.69) is 19.9 Å². The number of carboxylic acids is 1. The number of esters is 1. The molecule has 6 aromatic rings. The first kappa shape index (κ1) is 40.6. The van der Waals surface area contributed by atoms with Gasteiger partial charge in [-0.1, -0.05) is 12.1 Å². The molecule has 0 saturated carbocycles. The Bertz CT molecular complexity index is 2120. The Morgan fingerprint density at radius 1 is 0.647 bits per heavy atom. The van der Waals surface area contributed by atoms with Gasteiger partial charge in [0.15, 0.2) is 0 Å². The fraction of sp³-hybridized carbons (Fsp3) is 0.189. The van der Waals surface area contributed by atoms with Crippen LogP contribution in [0.2, 0.25) is 0 Å². The molecule has 0 aliphatic carbocycles. The molecule has 0 unspecified atom stereocenters. The van der Waals surface area contributed by atoms with Crippen molar-refractivity contribution in [1.29, 1.82) is 0 Å². The van der Waals surface area contributed by atoms with E-state index in [4.69, 9.17) is 9.84 Å². The van der Waals surface area contributed by atoms with Gasteiger partial charge in [-0.15, -0.1) is 0 Å². The number of nitrogens with zero attached hydrogens (tertiary/aromatic N) is 4. The van der Waals surface area contributed by atoms with E-state index in [-0.39, 0.29) is 53.4 Å². The third-order valence-electron chi connectivity index (χ3n) is 7.46. The average Bonchev–Trinajstić information content (AvgIpc) is 3.07. The van der Waals surface area contributed by atoms with E-state index in [1.54, 1.807) is 30.5 Å². The summed E-state index contributed by atoms with van der Waals surface area (Å²) >= 11 is 0. The van der Waals surface area contributed by atoms with Crippen molar-refractivity contribution < 1.29 is 72.0 Å². The molecule has 0 fully saturated rings. The van der Waals surface area contributed by atoms with Crippen LogP contribution in [0.1, 0.15) is 54.4 Å². The van der Waals surface area contributed by atoms with Crippen LogP contribution < -0.4 is 29.6 Å². The SMILES string of the molecule is COC(=O)c1ccnc(Cc2ccc3ncc(CC(F)F)cc3c2)c1.O=C(O)c1ccnc(Cc2ccc3ncc(CC(F)F)cc3c2)c1.[Na+].[OH-]. The molecule has 4 heterocycles. The van der Waals surface area contributed by atoms with Gasteiger partial charge in [0.2, 0.25) is 12.9 Å². The number of carbonyl (C=O) groups is 2. The van der Waals surface area contributed by atoms with Crippen LogP contribution in [0.25, 0.3) is 21.8 Å². The first-order chi connectivity index (χ1) is 23.6. The fourth-order valence-corrected chi connectivity index (χ4v) is 5.20. The third kappa shape index (κ3) is 11.6. The molecular formula is C37H31F4N4NaO5. The number of hydrogen-bond acceptors (Lipinski definition) is 8. The molecule has 0 bridgehead atoms. The number of halogens is 4. The summed E-state index contributed by atoms with van der Waals surface area (Å²) in [5.74, 6) is -1.42. The third-order valence-corrected chi connectivity index (χ3v) is 7.46. The monoisotopic (exact) mass is 710 g/mol. The summed E-state index contributed by atoms with van der Waals surface area (Å²) in [6, 6.07) is 20.9. The quantitative estimate of drug-likeness (QED) is 0.125. The Balaban J connectivity index is 0.000000265. The van der Waals surface area contributed by atoms with Crippen LogP contribution in [0.3, 0.4) is 0 Å². The van der Waals surface area contributed by atoms with Crippen LogP contribution in [0.4, 0.5) is 17.6 Å². The van der Waals surface area contributed by atoms with Gasteiger partial charge in [0.05, 0.1) is 29.3 Å². The smallest absolute Gasteiger partial charge is 0.870 e. The van der Waals surface area contributed by atoms with E-state index >= 15 is 0 Å². The minimum Gasteiger partial charge on any atom is -0.870 e. The molecule has 0 atom stereocenters. The second-order valence-electron chi connectivity index (χ2n) is 11.2. The standard InChI is InChI=1S/C19H16F2N2O2.C18H14F2N2O2.Na.H2O/c1-25-19(24)14-4-5-22-16(10-14)8-12-2-3-17-15(6-12)7-13(11-23-17)9-18(20)21;19-17(20)8-12-6-14-5-11(1-2-16(14)22-10-12)7-15-9-13(18(23)24)3-4-21-15;;/h2-7,10-11,18H,8-9H2,1H3;1-6,9-10,17H,7-8H2,(H,23,24);;1H2/q;;+1;/p-1. The Morgan fingerprint density at radius 3 is 1.51 bits per heavy atom. The number of fused-ring (bicyclic) bond motifs is 2. The van der Waals surface area contributed by atoms with Gasteiger partial charge in [0, 0.05) is 72.6 Å². The Labute approximate surface area is 312 Å². The van der Waals surface area contributed by atoms with Gasteiger partial charge in [0.25, 0.3) is 0 Å². The van der Waals surface area contributed by atoms with E-state index in [0.29, 0.717) is 35.2 Å².